The maximum Gasteiger partial charge on any atom is 0.337 e. The number of esters is 2. The van der Waals surface area contributed by atoms with Crippen LogP contribution >= 0.6 is 11.6 Å². The Morgan fingerprint density at radius 2 is 1.53 bits per heavy atom. The van der Waals surface area contributed by atoms with Crippen LogP contribution in [0, 0.1) is 0 Å². The van der Waals surface area contributed by atoms with Crippen molar-refractivity contribution in [1.29, 1.82) is 0 Å². The van der Waals surface area contributed by atoms with Crippen LogP contribution in [-0.2, 0) is 19.5 Å². The normalized spacial score (nSPS) is 12.4. The van der Waals surface area contributed by atoms with E-state index < -0.39 is 22.0 Å². The number of rotatable bonds is 10. The Hall–Kier alpha value is -2.46. The van der Waals surface area contributed by atoms with Gasteiger partial charge in [-0.3, -0.25) is 4.90 Å². The monoisotopic (exact) mass is 482 g/mol. The summed E-state index contributed by atoms with van der Waals surface area (Å²) in [5.41, 5.74) is 0.628. The SMILES string of the molecule is CCN(CC)[C@H](CNS(=O)(=O)c1cc(C(=O)OC)cc(C(=O)OC)c1)c1ccccc1Cl. The molecule has 0 unspecified atom stereocenters. The first-order valence-electron chi connectivity index (χ1n) is 9.98. The lowest BCUT2D eigenvalue weighted by Gasteiger charge is -2.30. The molecule has 0 amide bonds. The third-order valence-electron chi connectivity index (χ3n) is 5.04. The van der Waals surface area contributed by atoms with Crippen LogP contribution in [0.4, 0.5) is 0 Å². The maximum atomic E-state index is 13.1. The van der Waals surface area contributed by atoms with Gasteiger partial charge in [0.2, 0.25) is 10.0 Å². The van der Waals surface area contributed by atoms with Gasteiger partial charge in [-0.05, 0) is 42.9 Å². The van der Waals surface area contributed by atoms with Crippen molar-refractivity contribution in [2.75, 3.05) is 33.9 Å². The number of carbonyl (C=O) groups excluding carboxylic acids is 2. The number of hydrogen-bond donors (Lipinski definition) is 1. The second-order valence-corrected chi connectivity index (χ2v) is 9.01. The molecule has 0 fully saturated rings. The zero-order chi connectivity index (χ0) is 23.9. The van der Waals surface area contributed by atoms with E-state index >= 15 is 0 Å². The summed E-state index contributed by atoms with van der Waals surface area (Å²) in [5, 5.41) is 0.532. The maximum absolute atomic E-state index is 13.1. The summed E-state index contributed by atoms with van der Waals surface area (Å²) in [6, 6.07) is 10.5. The average Bonchev–Trinajstić information content (AvgIpc) is 2.80. The summed E-state index contributed by atoms with van der Waals surface area (Å²) in [4.78, 5) is 25.8. The molecule has 1 N–H and O–H groups in total. The number of likely N-dealkylation sites (N-methyl/N-ethyl adjacent to an activating group) is 1. The fourth-order valence-corrected chi connectivity index (χ4v) is 4.71. The molecule has 0 aliphatic carbocycles. The summed E-state index contributed by atoms with van der Waals surface area (Å²) in [6.07, 6.45) is 0. The van der Waals surface area contributed by atoms with Gasteiger partial charge in [-0.2, -0.15) is 0 Å². The van der Waals surface area contributed by atoms with Gasteiger partial charge < -0.3 is 9.47 Å². The smallest absolute Gasteiger partial charge is 0.337 e. The minimum Gasteiger partial charge on any atom is -0.465 e. The lowest BCUT2D eigenvalue weighted by molar-refractivity contribution is 0.0598. The van der Waals surface area contributed by atoms with Crippen molar-refractivity contribution >= 4 is 33.6 Å². The average molecular weight is 483 g/mol. The molecular weight excluding hydrogens is 456 g/mol. The Labute approximate surface area is 193 Å². The van der Waals surface area contributed by atoms with E-state index in [2.05, 4.69) is 19.1 Å². The topological polar surface area (TPSA) is 102 Å². The highest BCUT2D eigenvalue weighted by molar-refractivity contribution is 7.89. The van der Waals surface area contributed by atoms with Gasteiger partial charge in [-0.15, -0.1) is 0 Å². The number of nitrogens with zero attached hydrogens (tertiary/aromatic N) is 1. The number of benzene rings is 2. The molecular formula is C22H27ClN2O6S. The molecule has 0 spiro atoms. The highest BCUT2D eigenvalue weighted by Crippen LogP contribution is 2.27. The van der Waals surface area contributed by atoms with Crippen LogP contribution < -0.4 is 4.72 Å². The van der Waals surface area contributed by atoms with Gasteiger partial charge >= 0.3 is 11.9 Å². The third-order valence-corrected chi connectivity index (χ3v) is 6.79. The summed E-state index contributed by atoms with van der Waals surface area (Å²) in [7, 11) is -1.76. The standard InChI is InChI=1S/C22H27ClN2O6S/c1-5-25(6-2)20(18-9-7-8-10-19(18)23)14-24-32(28,29)17-12-15(21(26)30-3)11-16(13-17)22(27)31-4/h7-13,20,24H,5-6,14H2,1-4H3/t20-/m1/s1. The van der Waals surface area contributed by atoms with Crippen LogP contribution in [0.5, 0.6) is 0 Å². The van der Waals surface area contributed by atoms with Crippen molar-refractivity contribution in [1.82, 2.24) is 9.62 Å². The highest BCUT2D eigenvalue weighted by atomic mass is 35.5. The van der Waals surface area contributed by atoms with E-state index in [1.807, 2.05) is 32.0 Å². The molecule has 0 saturated heterocycles. The summed E-state index contributed by atoms with van der Waals surface area (Å²) >= 11 is 6.38. The van der Waals surface area contributed by atoms with E-state index in [0.717, 1.165) is 31.9 Å². The van der Waals surface area contributed by atoms with Gasteiger partial charge in [0.15, 0.2) is 0 Å². The van der Waals surface area contributed by atoms with E-state index in [9.17, 15) is 18.0 Å². The Morgan fingerprint density at radius 3 is 2.00 bits per heavy atom. The van der Waals surface area contributed by atoms with Crippen molar-refractivity contribution in [2.24, 2.45) is 0 Å². The zero-order valence-corrected chi connectivity index (χ0v) is 20.0. The van der Waals surface area contributed by atoms with Gasteiger partial charge in [0.05, 0.1) is 30.2 Å². The minimum atomic E-state index is -4.09. The van der Waals surface area contributed by atoms with Gasteiger partial charge in [0.1, 0.15) is 0 Å². The molecule has 8 nitrogen and oxygen atoms in total. The zero-order valence-electron chi connectivity index (χ0n) is 18.4. The van der Waals surface area contributed by atoms with Crippen LogP contribution in [0.3, 0.4) is 0 Å². The van der Waals surface area contributed by atoms with E-state index in [1.54, 1.807) is 6.07 Å². The Kier molecular flexibility index (Phi) is 9.21. The molecule has 10 heteroatoms. The Balaban J connectivity index is 2.43. The molecule has 0 saturated carbocycles. The van der Waals surface area contributed by atoms with Crippen molar-refractivity contribution in [3.8, 4) is 0 Å². The molecule has 1 atom stereocenters. The van der Waals surface area contributed by atoms with Crippen molar-refractivity contribution in [3.05, 3.63) is 64.2 Å². The summed E-state index contributed by atoms with van der Waals surface area (Å²) < 4.78 is 38.2. The first-order chi connectivity index (χ1) is 15.2. The fourth-order valence-electron chi connectivity index (χ4n) is 3.34. The number of sulfonamides is 1. The molecule has 2 aromatic carbocycles. The lowest BCUT2D eigenvalue weighted by atomic mass is 10.1. The molecule has 2 rings (SSSR count). The van der Waals surface area contributed by atoms with Crippen LogP contribution in [-0.4, -0.2) is 59.1 Å². The number of hydrogen-bond acceptors (Lipinski definition) is 7. The predicted molar refractivity (Wildman–Crippen MR) is 121 cm³/mol. The predicted octanol–water partition coefficient (Wildman–Crippen LogP) is 3.27. The van der Waals surface area contributed by atoms with E-state index in [4.69, 9.17) is 11.6 Å². The Morgan fingerprint density at radius 1 is 1.00 bits per heavy atom. The number of halogens is 1. The molecule has 0 aliphatic heterocycles. The van der Waals surface area contributed by atoms with Gasteiger partial charge in [-0.25, -0.2) is 22.7 Å². The van der Waals surface area contributed by atoms with Gasteiger partial charge in [-0.1, -0.05) is 43.6 Å². The van der Waals surface area contributed by atoms with Crippen LogP contribution in [0.1, 0.15) is 46.2 Å². The Bertz CT molecular complexity index is 1040. The minimum absolute atomic E-state index is 0.0315. The van der Waals surface area contributed by atoms with Crippen LogP contribution in [0.15, 0.2) is 47.4 Å². The second kappa shape index (κ2) is 11.4. The number of carbonyl (C=O) groups is 2. The van der Waals surface area contributed by atoms with Gasteiger partial charge in [0, 0.05) is 17.6 Å². The molecule has 32 heavy (non-hydrogen) atoms. The number of methoxy groups -OCH3 is 2. The summed E-state index contributed by atoms with van der Waals surface area (Å²) in [5.74, 6) is -1.55. The van der Waals surface area contributed by atoms with Crippen LogP contribution in [0.25, 0.3) is 0 Å². The van der Waals surface area contributed by atoms with Gasteiger partial charge in [0.25, 0.3) is 0 Å². The first kappa shape index (κ1) is 25.8. The first-order valence-corrected chi connectivity index (χ1v) is 11.8. The van der Waals surface area contributed by atoms with Crippen molar-refractivity contribution in [3.63, 3.8) is 0 Å². The molecule has 2 aromatic rings. The fraction of sp³-hybridized carbons (Fsp3) is 0.364. The van der Waals surface area contributed by atoms with Crippen LogP contribution in [0.2, 0.25) is 5.02 Å². The molecule has 0 aromatic heterocycles. The number of ether oxygens (including phenoxy) is 2. The molecule has 0 bridgehead atoms. The third kappa shape index (κ3) is 6.07. The van der Waals surface area contributed by atoms with E-state index in [0.29, 0.717) is 18.1 Å². The van der Waals surface area contributed by atoms with E-state index in [-0.39, 0.29) is 28.6 Å². The van der Waals surface area contributed by atoms with Crippen molar-refractivity contribution < 1.29 is 27.5 Å². The molecule has 0 aliphatic rings. The summed E-state index contributed by atoms with van der Waals surface area (Å²) in [6.45, 7) is 5.34. The highest BCUT2D eigenvalue weighted by Gasteiger charge is 2.25. The second-order valence-electron chi connectivity index (χ2n) is 6.84. The molecule has 0 heterocycles. The quantitative estimate of drug-likeness (QED) is 0.518. The lowest BCUT2D eigenvalue weighted by Crippen LogP contribution is -2.38. The largest absolute Gasteiger partial charge is 0.465 e. The van der Waals surface area contributed by atoms with E-state index in [1.165, 1.54) is 6.07 Å². The molecule has 174 valence electrons. The number of nitrogens with one attached hydrogen (secondary N) is 1. The molecule has 0 radical (unpaired) electrons. The van der Waals surface area contributed by atoms with Crippen molar-refractivity contribution in [2.45, 2.75) is 24.8 Å².